The number of rotatable bonds is 2. The number of nitriles is 1. The van der Waals surface area contributed by atoms with Gasteiger partial charge >= 0.3 is 3.92 Å². The van der Waals surface area contributed by atoms with E-state index in [0.717, 1.165) is 25.3 Å². The van der Waals surface area contributed by atoms with Crippen LogP contribution in [0.15, 0.2) is 18.6 Å². The summed E-state index contributed by atoms with van der Waals surface area (Å²) in [6.07, 6.45) is 0. The Hall–Kier alpha value is 1.17. The van der Waals surface area contributed by atoms with Crippen molar-refractivity contribution in [1.82, 2.24) is 4.98 Å². The van der Waals surface area contributed by atoms with E-state index < -0.39 is 0 Å². The highest BCUT2D eigenvalue weighted by molar-refractivity contribution is 9.11. The third-order valence-electron chi connectivity index (χ3n) is 1.57. The number of thiocyanates is 1. The molecule has 0 saturated heterocycles. The minimum absolute atomic E-state index is 0. The van der Waals surface area contributed by atoms with Gasteiger partial charge in [-0.1, -0.05) is 11.3 Å². The molecular formula is C12H15Br5N3OS3-. The molecule has 12 heteroatoms. The smallest absolute Gasteiger partial charge is 0.303 e. The molecule has 2 aromatic rings. The van der Waals surface area contributed by atoms with Crippen LogP contribution in [0.3, 0.4) is 0 Å². The van der Waals surface area contributed by atoms with Gasteiger partial charge in [0, 0.05) is 33.9 Å². The van der Waals surface area contributed by atoms with E-state index in [1.165, 1.54) is 12.6 Å². The molecule has 0 fully saturated rings. The first-order valence-corrected chi connectivity index (χ1v) is 9.89. The number of carbonyl (C=O) groups is 1. The number of nitrogens with one attached hydrogen (secondary N) is 1. The van der Waals surface area contributed by atoms with E-state index in [1.54, 1.807) is 28.1 Å². The highest BCUT2D eigenvalue weighted by Crippen LogP contribution is 2.14. The van der Waals surface area contributed by atoms with Crippen molar-refractivity contribution in [2.45, 2.75) is 20.8 Å². The van der Waals surface area contributed by atoms with Crippen LogP contribution in [0.25, 0.3) is 0 Å². The summed E-state index contributed by atoms with van der Waals surface area (Å²) < 4.78 is 2.05. The second-order valence-electron chi connectivity index (χ2n) is 3.64. The third-order valence-corrected chi connectivity index (χ3v) is 5.27. The van der Waals surface area contributed by atoms with Crippen molar-refractivity contribution in [3.05, 3.63) is 30.0 Å². The lowest BCUT2D eigenvalue weighted by atomic mass is 10.5. The number of carbonyl (C=O) groups excluding carboxylic acids is 1. The summed E-state index contributed by atoms with van der Waals surface area (Å²) in [5.41, 5.74) is 2.29. The second-order valence-corrected chi connectivity index (χ2v) is 8.73. The van der Waals surface area contributed by atoms with Gasteiger partial charge in [0.25, 0.3) is 0 Å². The van der Waals surface area contributed by atoms with Crippen molar-refractivity contribution >= 4 is 89.1 Å². The molecule has 0 saturated carbocycles. The normalized spacial score (nSPS) is 7.67. The first-order chi connectivity index (χ1) is 9.85. The van der Waals surface area contributed by atoms with E-state index in [0.29, 0.717) is 5.75 Å². The number of nitrogens with zero attached hydrogens (tertiary/aromatic N) is 2. The predicted molar refractivity (Wildman–Crippen MR) is 107 cm³/mol. The summed E-state index contributed by atoms with van der Waals surface area (Å²) in [5.74, 6) is 0.364. The largest absolute Gasteiger partial charge is 1.00 e. The van der Waals surface area contributed by atoms with E-state index >= 15 is 0 Å². The molecule has 24 heavy (non-hydrogen) atoms. The fourth-order valence-corrected chi connectivity index (χ4v) is 3.31. The van der Waals surface area contributed by atoms with Crippen LogP contribution < -0.4 is 38.9 Å². The minimum Gasteiger partial charge on any atom is -1.00 e. The van der Waals surface area contributed by atoms with Crippen molar-refractivity contribution in [2.24, 2.45) is 0 Å². The molecule has 2 aromatic heterocycles. The van der Waals surface area contributed by atoms with Crippen LogP contribution in [0.4, 0.5) is 0 Å². The molecule has 1 N–H and O–H groups in total. The minimum atomic E-state index is 0. The topological polar surface area (TPSA) is 67.9 Å². The lowest BCUT2D eigenvalue weighted by molar-refractivity contribution is -0.393. The van der Waals surface area contributed by atoms with Gasteiger partial charge < -0.3 is 34.0 Å². The molecule has 0 aliphatic heterocycles. The summed E-state index contributed by atoms with van der Waals surface area (Å²) >= 11 is 10.8. The summed E-state index contributed by atoms with van der Waals surface area (Å²) in [7, 11) is 0. The summed E-state index contributed by atoms with van der Waals surface area (Å²) in [5, 5.41) is 13.7. The van der Waals surface area contributed by atoms with Crippen molar-refractivity contribution in [1.29, 1.82) is 5.26 Å². The maximum atomic E-state index is 10.0. The molecule has 2 heterocycles. The van der Waals surface area contributed by atoms with Crippen molar-refractivity contribution in [3.63, 3.8) is 0 Å². The van der Waals surface area contributed by atoms with Gasteiger partial charge in [0.2, 0.25) is 0 Å². The Labute approximate surface area is 202 Å². The predicted octanol–water partition coefficient (Wildman–Crippen LogP) is -0.777. The first-order valence-electron chi connectivity index (χ1n) is 5.56. The number of ketones is 1. The Balaban J connectivity index is -0.000000118. The van der Waals surface area contributed by atoms with Crippen LogP contribution in [0.1, 0.15) is 18.3 Å². The summed E-state index contributed by atoms with van der Waals surface area (Å²) in [6.45, 7) is 5.47. The Kier molecular flexibility index (Phi) is 28.0. The van der Waals surface area contributed by atoms with E-state index in [-0.39, 0.29) is 56.7 Å². The Morgan fingerprint density at radius 3 is 2.04 bits per heavy atom. The van der Waals surface area contributed by atoms with E-state index in [4.69, 9.17) is 5.26 Å². The molecule has 0 atom stereocenters. The van der Waals surface area contributed by atoms with Gasteiger partial charge in [-0.2, -0.15) is 10.2 Å². The molecule has 0 aliphatic rings. The Bertz CT molecular complexity index is 530. The molecule has 0 amide bonds. The molecule has 4 nitrogen and oxygen atoms in total. The number of aryl methyl sites for hydroxylation is 2. The SMILES string of the molecule is Br.CC(=O)CSC#N.Cc1csc(Br)[nH+]1.Cc1csc(Br)n1.[Br-].[Br-]. The quantitative estimate of drug-likeness (QED) is 0.384. The average Bonchev–Trinajstić information content (AvgIpc) is 2.96. The monoisotopic (exact) mass is 708 g/mol. The van der Waals surface area contributed by atoms with Gasteiger partial charge in [-0.05, 0) is 41.5 Å². The van der Waals surface area contributed by atoms with Crippen LogP contribution in [-0.4, -0.2) is 16.5 Å². The fourth-order valence-electron chi connectivity index (χ4n) is 0.813. The van der Waals surface area contributed by atoms with Crippen LogP contribution in [0, 0.1) is 24.5 Å². The Morgan fingerprint density at radius 2 is 1.92 bits per heavy atom. The number of thioether (sulfide) groups is 1. The van der Waals surface area contributed by atoms with Crippen molar-refractivity contribution in [3.8, 4) is 5.40 Å². The number of aromatic nitrogens is 2. The maximum Gasteiger partial charge on any atom is 0.303 e. The second kappa shape index (κ2) is 20.5. The number of halogens is 5. The van der Waals surface area contributed by atoms with Crippen molar-refractivity contribution in [2.75, 3.05) is 5.75 Å². The number of Topliss-reactive ketones (excluding diaryl/α,β-unsaturated/α-hetero) is 1. The van der Waals surface area contributed by atoms with E-state index in [1.807, 2.05) is 19.2 Å². The highest BCUT2D eigenvalue weighted by atomic mass is 79.9. The number of hydrogen-bond donors (Lipinski definition) is 0. The molecule has 0 spiro atoms. The Morgan fingerprint density at radius 1 is 1.33 bits per heavy atom. The molecule has 0 unspecified atom stereocenters. The van der Waals surface area contributed by atoms with Crippen LogP contribution in [-0.2, 0) is 4.79 Å². The van der Waals surface area contributed by atoms with Gasteiger partial charge in [0.05, 0.1) is 11.1 Å². The number of hydrogen-bond acceptors (Lipinski definition) is 6. The molecule has 2 rings (SSSR count). The lowest BCUT2D eigenvalue weighted by Crippen LogP contribution is -3.00. The average molecular weight is 713 g/mol. The van der Waals surface area contributed by atoms with Gasteiger partial charge in [0.1, 0.15) is 11.2 Å². The van der Waals surface area contributed by atoms with Crippen LogP contribution in [0.5, 0.6) is 0 Å². The highest BCUT2D eigenvalue weighted by Gasteiger charge is 1.97. The summed E-state index contributed by atoms with van der Waals surface area (Å²) in [6, 6.07) is 0. The molecule has 0 aromatic carbocycles. The zero-order chi connectivity index (χ0) is 16.3. The van der Waals surface area contributed by atoms with E-state index in [2.05, 4.69) is 47.2 Å². The molecule has 0 bridgehead atoms. The number of H-pyrrole nitrogens is 1. The van der Waals surface area contributed by atoms with Gasteiger partial charge in [-0.15, -0.1) is 28.3 Å². The first kappa shape index (κ1) is 32.8. The maximum absolute atomic E-state index is 10.0. The molecular weight excluding hydrogens is 698 g/mol. The molecule has 0 radical (unpaired) electrons. The number of aromatic amines is 1. The van der Waals surface area contributed by atoms with Gasteiger partial charge in [0.15, 0.2) is 9.61 Å². The van der Waals surface area contributed by atoms with Crippen LogP contribution in [0.2, 0.25) is 0 Å². The van der Waals surface area contributed by atoms with Crippen LogP contribution >= 0.6 is 83.3 Å². The van der Waals surface area contributed by atoms with Gasteiger partial charge in [-0.3, -0.25) is 4.79 Å². The van der Waals surface area contributed by atoms with Gasteiger partial charge in [-0.25, -0.2) is 4.98 Å². The zero-order valence-electron chi connectivity index (χ0n) is 12.8. The third kappa shape index (κ3) is 21.2. The number of thiazole rings is 2. The lowest BCUT2D eigenvalue weighted by Gasteiger charge is -1.78. The standard InChI is InChI=1S/2C4H4BrNS.C4H5NOS.3BrH/c2*1-3-2-7-4(5)6-3;1-4(6)2-7-3-5;;;/h2*2H,1H3;2H2,1H3;3*1H/p-1. The fraction of sp³-hybridized carbons (Fsp3) is 0.333. The summed E-state index contributed by atoms with van der Waals surface area (Å²) in [4.78, 5) is 17.2. The molecule has 138 valence electrons. The zero-order valence-corrected chi connectivity index (χ0v) is 23.3. The van der Waals surface area contributed by atoms with E-state index in [9.17, 15) is 4.79 Å². The van der Waals surface area contributed by atoms with Crippen molar-refractivity contribution < 1.29 is 43.7 Å². The molecule has 0 aliphatic carbocycles.